The van der Waals surface area contributed by atoms with Gasteiger partial charge >= 0.3 is 12.5 Å². The molecule has 1 N–H and O–H groups in total. The van der Waals surface area contributed by atoms with E-state index in [1.165, 1.54) is 36.5 Å². The number of halogens is 3. The largest absolute Gasteiger partial charge is 0.573 e. The minimum absolute atomic E-state index is 0.168. The van der Waals surface area contributed by atoms with E-state index in [0.29, 0.717) is 47.0 Å². The monoisotopic (exact) mass is 483 g/mol. The van der Waals surface area contributed by atoms with Crippen LogP contribution in [-0.4, -0.2) is 58.4 Å². The summed E-state index contributed by atoms with van der Waals surface area (Å²) >= 11 is 1.10. The van der Waals surface area contributed by atoms with Gasteiger partial charge in [0.25, 0.3) is 0 Å². The number of H-pyrrole nitrogens is 1. The summed E-state index contributed by atoms with van der Waals surface area (Å²) < 4.78 is 46.9. The van der Waals surface area contributed by atoms with E-state index in [2.05, 4.69) is 19.7 Å². The molecule has 0 radical (unpaired) electrons. The molecule has 1 fully saturated rings. The van der Waals surface area contributed by atoms with Crippen LogP contribution in [0.25, 0.3) is 10.2 Å². The molecular formula is C20H20F3N5O4S. The molecule has 176 valence electrons. The molecule has 2 amide bonds. The zero-order valence-electron chi connectivity index (χ0n) is 17.5. The maximum atomic E-state index is 13.5. The number of likely N-dealkylation sites (tertiary alicyclic amines) is 1. The Morgan fingerprint density at radius 3 is 2.70 bits per heavy atom. The van der Waals surface area contributed by atoms with Crippen molar-refractivity contribution < 1.29 is 32.2 Å². The van der Waals surface area contributed by atoms with E-state index in [0.717, 1.165) is 11.3 Å². The Hall–Kier alpha value is -3.35. The number of ether oxygens (including phenoxy) is 2. The van der Waals surface area contributed by atoms with Gasteiger partial charge in [-0.05, 0) is 25.0 Å². The highest BCUT2D eigenvalue weighted by Crippen LogP contribution is 2.35. The molecule has 3 aromatic rings. The second kappa shape index (κ2) is 9.25. The fourth-order valence-electron chi connectivity index (χ4n) is 3.65. The maximum absolute atomic E-state index is 13.5. The molecule has 13 heteroatoms. The first-order chi connectivity index (χ1) is 15.7. The minimum atomic E-state index is -4.80. The first-order valence-electron chi connectivity index (χ1n) is 10.0. The molecule has 0 unspecified atom stereocenters. The Kier molecular flexibility index (Phi) is 6.40. The van der Waals surface area contributed by atoms with Crippen LogP contribution in [0.3, 0.4) is 0 Å². The van der Waals surface area contributed by atoms with Gasteiger partial charge in [-0.3, -0.25) is 9.69 Å². The summed E-state index contributed by atoms with van der Waals surface area (Å²) in [5, 5.41) is 0.351. The SMILES string of the molecule is COC(=O)N1CCC(C(=O)N(Cc2cnc[nH]2)c2nc3ccc(OC(F)(F)F)cc3s2)CC1. The zero-order chi connectivity index (χ0) is 23.6. The third kappa shape index (κ3) is 5.35. The number of rotatable bonds is 5. The first kappa shape index (κ1) is 22.8. The molecule has 9 nitrogen and oxygen atoms in total. The molecule has 33 heavy (non-hydrogen) atoms. The Labute approximate surface area is 190 Å². The lowest BCUT2D eigenvalue weighted by Crippen LogP contribution is -2.44. The van der Waals surface area contributed by atoms with Crippen molar-refractivity contribution in [1.29, 1.82) is 0 Å². The van der Waals surface area contributed by atoms with Gasteiger partial charge in [-0.1, -0.05) is 11.3 Å². The van der Waals surface area contributed by atoms with E-state index in [4.69, 9.17) is 4.74 Å². The lowest BCUT2D eigenvalue weighted by molar-refractivity contribution is -0.274. The average molecular weight is 483 g/mol. The second-order valence-corrected chi connectivity index (χ2v) is 8.42. The normalized spacial score (nSPS) is 15.0. The second-order valence-electron chi connectivity index (χ2n) is 7.41. The number of piperidine rings is 1. The number of hydrogen-bond donors (Lipinski definition) is 1. The van der Waals surface area contributed by atoms with Crippen molar-refractivity contribution in [2.75, 3.05) is 25.1 Å². The number of hydrogen-bond acceptors (Lipinski definition) is 7. The summed E-state index contributed by atoms with van der Waals surface area (Å²) in [5.74, 6) is -0.878. The van der Waals surface area contributed by atoms with E-state index >= 15 is 0 Å². The van der Waals surface area contributed by atoms with E-state index in [1.54, 1.807) is 11.1 Å². The van der Waals surface area contributed by atoms with Crippen LogP contribution in [0.2, 0.25) is 0 Å². The minimum Gasteiger partial charge on any atom is -0.453 e. The van der Waals surface area contributed by atoms with Crippen molar-refractivity contribution in [1.82, 2.24) is 19.9 Å². The highest BCUT2D eigenvalue weighted by atomic mass is 32.1. The number of anilines is 1. The number of nitrogens with zero attached hydrogens (tertiary/aromatic N) is 4. The van der Waals surface area contributed by atoms with Gasteiger partial charge in [0.05, 0.1) is 35.9 Å². The van der Waals surface area contributed by atoms with E-state index in [-0.39, 0.29) is 24.1 Å². The Morgan fingerprint density at radius 2 is 2.06 bits per heavy atom. The topological polar surface area (TPSA) is 101 Å². The van der Waals surface area contributed by atoms with Crippen molar-refractivity contribution in [3.63, 3.8) is 0 Å². The lowest BCUT2D eigenvalue weighted by Gasteiger charge is -2.32. The van der Waals surface area contributed by atoms with Crippen LogP contribution in [0, 0.1) is 5.92 Å². The van der Waals surface area contributed by atoms with Gasteiger partial charge < -0.3 is 19.4 Å². The third-order valence-corrected chi connectivity index (χ3v) is 6.28. The molecule has 2 aromatic heterocycles. The number of benzene rings is 1. The number of aromatic nitrogens is 3. The van der Waals surface area contributed by atoms with Gasteiger partial charge in [-0.2, -0.15) is 0 Å². The van der Waals surface area contributed by atoms with Crippen molar-refractivity contribution >= 4 is 38.7 Å². The highest BCUT2D eigenvalue weighted by molar-refractivity contribution is 7.22. The van der Waals surface area contributed by atoms with Crippen LogP contribution in [0.1, 0.15) is 18.5 Å². The Bertz CT molecular complexity index is 1130. The third-order valence-electron chi connectivity index (χ3n) is 5.24. The van der Waals surface area contributed by atoms with Gasteiger partial charge in [0.2, 0.25) is 5.91 Å². The maximum Gasteiger partial charge on any atom is 0.573 e. The summed E-state index contributed by atoms with van der Waals surface area (Å²) in [6.45, 7) is 0.944. The molecule has 1 aromatic carbocycles. The number of aromatic amines is 1. The van der Waals surface area contributed by atoms with Gasteiger partial charge in [0.15, 0.2) is 5.13 Å². The number of amides is 2. The van der Waals surface area contributed by atoms with Crippen LogP contribution >= 0.6 is 11.3 Å². The number of alkyl halides is 3. The Balaban J connectivity index is 1.58. The van der Waals surface area contributed by atoms with Crippen molar-refractivity contribution in [3.05, 3.63) is 36.4 Å². The first-order valence-corrected chi connectivity index (χ1v) is 10.8. The lowest BCUT2D eigenvalue weighted by atomic mass is 9.95. The molecule has 0 spiro atoms. The molecular weight excluding hydrogens is 463 g/mol. The summed E-state index contributed by atoms with van der Waals surface area (Å²) in [4.78, 5) is 39.6. The van der Waals surface area contributed by atoms with E-state index in [1.807, 2.05) is 0 Å². The van der Waals surface area contributed by atoms with Gasteiger partial charge in [-0.25, -0.2) is 14.8 Å². The summed E-state index contributed by atoms with van der Waals surface area (Å²) in [6, 6.07) is 3.85. The van der Waals surface area contributed by atoms with Crippen molar-refractivity contribution in [3.8, 4) is 5.75 Å². The molecule has 1 aliphatic rings. The number of thiazole rings is 1. The quantitative estimate of drug-likeness (QED) is 0.590. The highest BCUT2D eigenvalue weighted by Gasteiger charge is 2.33. The molecule has 0 saturated carbocycles. The van der Waals surface area contributed by atoms with Crippen LogP contribution in [0.15, 0.2) is 30.7 Å². The van der Waals surface area contributed by atoms with Crippen molar-refractivity contribution in [2.45, 2.75) is 25.7 Å². The molecule has 3 heterocycles. The summed E-state index contributed by atoms with van der Waals surface area (Å²) in [7, 11) is 1.31. The number of imidazole rings is 1. The number of methoxy groups -OCH3 is 1. The molecule has 4 rings (SSSR count). The predicted molar refractivity (Wildman–Crippen MR) is 113 cm³/mol. The van der Waals surface area contributed by atoms with Crippen molar-refractivity contribution in [2.24, 2.45) is 5.92 Å². The van der Waals surface area contributed by atoms with Crippen LogP contribution in [0.4, 0.5) is 23.1 Å². The van der Waals surface area contributed by atoms with Crippen LogP contribution < -0.4 is 9.64 Å². The molecule has 0 aliphatic carbocycles. The molecule has 1 saturated heterocycles. The van der Waals surface area contributed by atoms with E-state index in [9.17, 15) is 22.8 Å². The average Bonchev–Trinajstić information content (AvgIpc) is 3.44. The smallest absolute Gasteiger partial charge is 0.453 e. The standard InChI is InChI=1S/C20H20F3N5O4S/c1-31-19(30)27-6-4-12(5-7-27)17(29)28(10-13-9-24-11-25-13)18-26-15-3-2-14(8-16(15)33-18)32-20(21,22)23/h2-3,8-9,11-12H,4-7,10H2,1H3,(H,24,25). The van der Waals surface area contributed by atoms with Gasteiger partial charge in [-0.15, -0.1) is 13.2 Å². The zero-order valence-corrected chi connectivity index (χ0v) is 18.3. The number of fused-ring (bicyclic) bond motifs is 1. The van der Waals surface area contributed by atoms with Gasteiger partial charge in [0, 0.05) is 31.3 Å². The summed E-state index contributed by atoms with van der Waals surface area (Å²) in [6.07, 6.45) is -1.24. The van der Waals surface area contributed by atoms with E-state index < -0.39 is 12.5 Å². The molecule has 0 atom stereocenters. The number of carbonyl (C=O) groups excluding carboxylic acids is 2. The Morgan fingerprint density at radius 1 is 1.30 bits per heavy atom. The molecule has 0 bridgehead atoms. The number of nitrogens with one attached hydrogen (secondary N) is 1. The van der Waals surface area contributed by atoms with Crippen LogP contribution in [-0.2, 0) is 16.1 Å². The fraction of sp³-hybridized carbons (Fsp3) is 0.400. The fourth-order valence-corrected chi connectivity index (χ4v) is 4.64. The summed E-state index contributed by atoms with van der Waals surface area (Å²) in [5.41, 5.74) is 1.13. The molecule has 1 aliphatic heterocycles. The van der Waals surface area contributed by atoms with Crippen LogP contribution in [0.5, 0.6) is 5.75 Å². The predicted octanol–water partition coefficient (Wildman–Crippen LogP) is 3.93. The number of carbonyl (C=O) groups is 2. The van der Waals surface area contributed by atoms with Gasteiger partial charge in [0.1, 0.15) is 5.75 Å².